The molecule has 5 rings (SSSR count). The van der Waals surface area contributed by atoms with Gasteiger partial charge in [-0.3, -0.25) is 0 Å². The standard InChI is InChI=1S/C22H22FN7O/c1-31-20-7-4-14(23)10-17(20)16-8-9-24-22-18(16)11-19(26-22)13-2-5-15(6-3-13)25-12-21-27-29-30-28-21/h2,4,7-11,15,25H,3,5-6,12H2,1H3,(H,24,26)(H,27,28,29,30). The summed E-state index contributed by atoms with van der Waals surface area (Å²) in [6, 6.07) is 8.91. The molecule has 3 heterocycles. The van der Waals surface area contributed by atoms with Crippen molar-refractivity contribution in [3.8, 4) is 16.9 Å². The Morgan fingerprint density at radius 2 is 2.16 bits per heavy atom. The highest BCUT2D eigenvalue weighted by Gasteiger charge is 2.19. The molecule has 0 saturated carbocycles. The van der Waals surface area contributed by atoms with E-state index in [1.807, 2.05) is 6.07 Å². The van der Waals surface area contributed by atoms with E-state index >= 15 is 0 Å². The van der Waals surface area contributed by atoms with Gasteiger partial charge in [0.15, 0.2) is 5.82 Å². The number of allylic oxidation sites excluding steroid dienone is 1. The first kappa shape index (κ1) is 19.4. The van der Waals surface area contributed by atoms with Gasteiger partial charge in [0, 0.05) is 28.9 Å². The molecule has 1 atom stereocenters. The maximum atomic E-state index is 13.9. The molecule has 0 bridgehead atoms. The second-order valence-corrected chi connectivity index (χ2v) is 7.56. The van der Waals surface area contributed by atoms with E-state index in [1.54, 1.807) is 19.4 Å². The van der Waals surface area contributed by atoms with Gasteiger partial charge >= 0.3 is 0 Å². The molecule has 1 aromatic carbocycles. The number of nitrogens with one attached hydrogen (secondary N) is 3. The number of ether oxygens (including phenoxy) is 1. The predicted octanol–water partition coefficient (Wildman–Crippen LogP) is 3.62. The average molecular weight is 419 g/mol. The second kappa shape index (κ2) is 8.27. The number of hydrogen-bond acceptors (Lipinski definition) is 6. The van der Waals surface area contributed by atoms with Gasteiger partial charge in [0.1, 0.15) is 17.2 Å². The molecule has 8 nitrogen and oxygen atoms in total. The van der Waals surface area contributed by atoms with E-state index in [0.717, 1.165) is 41.6 Å². The minimum absolute atomic E-state index is 0.300. The number of aromatic nitrogens is 6. The molecular weight excluding hydrogens is 397 g/mol. The number of H-pyrrole nitrogens is 2. The maximum Gasteiger partial charge on any atom is 0.188 e. The summed E-state index contributed by atoms with van der Waals surface area (Å²) in [4.78, 5) is 7.91. The van der Waals surface area contributed by atoms with Crippen LogP contribution in [0.25, 0.3) is 27.7 Å². The zero-order valence-corrected chi connectivity index (χ0v) is 17.0. The number of nitrogens with zero attached hydrogens (tertiary/aromatic N) is 4. The Labute approximate surface area is 177 Å². The van der Waals surface area contributed by atoms with Crippen molar-refractivity contribution in [1.29, 1.82) is 0 Å². The molecule has 0 aliphatic heterocycles. The second-order valence-electron chi connectivity index (χ2n) is 7.56. The van der Waals surface area contributed by atoms with Crippen LogP contribution in [0.3, 0.4) is 0 Å². The number of tetrazole rings is 1. The number of aromatic amines is 2. The van der Waals surface area contributed by atoms with Gasteiger partial charge in [0.05, 0.1) is 13.7 Å². The SMILES string of the molecule is COc1ccc(F)cc1-c1ccnc2[nH]c(C3=CCC(NCc4nn[nH]n4)CC3)cc12. The summed E-state index contributed by atoms with van der Waals surface area (Å²) in [6.07, 6.45) is 6.85. The van der Waals surface area contributed by atoms with Crippen molar-refractivity contribution in [1.82, 2.24) is 35.9 Å². The van der Waals surface area contributed by atoms with Crippen LogP contribution in [0.1, 0.15) is 30.8 Å². The Balaban J connectivity index is 1.40. The van der Waals surface area contributed by atoms with E-state index in [1.165, 1.54) is 17.7 Å². The van der Waals surface area contributed by atoms with E-state index in [0.29, 0.717) is 29.7 Å². The zero-order chi connectivity index (χ0) is 21.2. The van der Waals surface area contributed by atoms with Crippen molar-refractivity contribution in [3.63, 3.8) is 0 Å². The van der Waals surface area contributed by atoms with Crippen LogP contribution in [0.5, 0.6) is 5.75 Å². The Morgan fingerprint density at radius 3 is 2.94 bits per heavy atom. The molecule has 4 aromatic rings. The summed E-state index contributed by atoms with van der Waals surface area (Å²) in [6.45, 7) is 0.597. The molecule has 158 valence electrons. The van der Waals surface area contributed by atoms with Crippen LogP contribution in [0.2, 0.25) is 0 Å². The number of benzene rings is 1. The smallest absolute Gasteiger partial charge is 0.188 e. The Bertz CT molecular complexity index is 1230. The Kier molecular flexibility index (Phi) is 5.17. The molecule has 3 aromatic heterocycles. The molecule has 0 amide bonds. The maximum absolute atomic E-state index is 13.9. The molecule has 9 heteroatoms. The zero-order valence-electron chi connectivity index (χ0n) is 17.0. The first-order chi connectivity index (χ1) is 15.2. The molecule has 1 aliphatic carbocycles. The van der Waals surface area contributed by atoms with Gasteiger partial charge in [-0.2, -0.15) is 5.21 Å². The molecule has 3 N–H and O–H groups in total. The van der Waals surface area contributed by atoms with Crippen LogP contribution in [0.4, 0.5) is 4.39 Å². The van der Waals surface area contributed by atoms with E-state index in [2.05, 4.69) is 48.1 Å². The monoisotopic (exact) mass is 419 g/mol. The molecule has 1 unspecified atom stereocenters. The highest BCUT2D eigenvalue weighted by atomic mass is 19.1. The lowest BCUT2D eigenvalue weighted by Gasteiger charge is -2.22. The van der Waals surface area contributed by atoms with Gasteiger partial charge in [-0.15, -0.1) is 10.2 Å². The van der Waals surface area contributed by atoms with Crippen LogP contribution in [-0.4, -0.2) is 43.7 Å². The summed E-state index contributed by atoms with van der Waals surface area (Å²) in [5.41, 5.74) is 4.68. The van der Waals surface area contributed by atoms with Crippen molar-refractivity contribution in [3.05, 3.63) is 59.9 Å². The molecule has 31 heavy (non-hydrogen) atoms. The van der Waals surface area contributed by atoms with Crippen molar-refractivity contribution in [2.75, 3.05) is 7.11 Å². The molecular formula is C22H22FN7O. The highest BCUT2D eigenvalue weighted by Crippen LogP contribution is 2.37. The summed E-state index contributed by atoms with van der Waals surface area (Å²) < 4.78 is 19.4. The summed E-state index contributed by atoms with van der Waals surface area (Å²) in [5.74, 6) is 0.992. The minimum atomic E-state index is -0.300. The number of pyridine rings is 1. The number of hydrogen-bond donors (Lipinski definition) is 3. The fourth-order valence-corrected chi connectivity index (χ4v) is 4.08. The van der Waals surface area contributed by atoms with E-state index in [-0.39, 0.29) is 5.82 Å². The number of halogens is 1. The van der Waals surface area contributed by atoms with Crippen molar-refractivity contribution in [2.45, 2.75) is 31.8 Å². The lowest BCUT2D eigenvalue weighted by atomic mass is 9.93. The van der Waals surface area contributed by atoms with Gasteiger partial charge in [0.25, 0.3) is 0 Å². The van der Waals surface area contributed by atoms with E-state index in [9.17, 15) is 4.39 Å². The summed E-state index contributed by atoms with van der Waals surface area (Å²) in [5, 5.41) is 18.4. The largest absolute Gasteiger partial charge is 0.496 e. The molecule has 0 spiro atoms. The van der Waals surface area contributed by atoms with E-state index in [4.69, 9.17) is 4.74 Å². The number of rotatable bonds is 6. The lowest BCUT2D eigenvalue weighted by molar-refractivity contribution is 0.415. The lowest BCUT2D eigenvalue weighted by Crippen LogP contribution is -2.30. The summed E-state index contributed by atoms with van der Waals surface area (Å²) >= 11 is 0. The van der Waals surface area contributed by atoms with E-state index < -0.39 is 0 Å². The molecule has 0 fully saturated rings. The van der Waals surface area contributed by atoms with Crippen LogP contribution >= 0.6 is 0 Å². The van der Waals surface area contributed by atoms with Crippen molar-refractivity contribution >= 4 is 16.6 Å². The Hall–Kier alpha value is -3.59. The first-order valence-corrected chi connectivity index (χ1v) is 10.2. The highest BCUT2D eigenvalue weighted by molar-refractivity contribution is 5.96. The van der Waals surface area contributed by atoms with Crippen LogP contribution in [0, 0.1) is 5.82 Å². The third kappa shape index (κ3) is 3.91. The van der Waals surface area contributed by atoms with Crippen molar-refractivity contribution in [2.24, 2.45) is 0 Å². The fraction of sp³-hybridized carbons (Fsp3) is 0.273. The molecule has 1 aliphatic rings. The predicted molar refractivity (Wildman–Crippen MR) is 115 cm³/mol. The van der Waals surface area contributed by atoms with Gasteiger partial charge in [-0.05, 0) is 60.7 Å². The van der Waals surface area contributed by atoms with Crippen LogP contribution in [0.15, 0.2) is 42.6 Å². The average Bonchev–Trinajstić information content (AvgIpc) is 3.47. The quantitative estimate of drug-likeness (QED) is 0.441. The summed E-state index contributed by atoms with van der Waals surface area (Å²) in [7, 11) is 1.59. The topological polar surface area (TPSA) is 104 Å². The first-order valence-electron chi connectivity index (χ1n) is 10.2. The van der Waals surface area contributed by atoms with Crippen LogP contribution < -0.4 is 10.1 Å². The fourth-order valence-electron chi connectivity index (χ4n) is 4.08. The third-order valence-corrected chi connectivity index (χ3v) is 5.68. The molecule has 0 radical (unpaired) electrons. The normalized spacial score (nSPS) is 16.5. The number of fused-ring (bicyclic) bond motifs is 1. The van der Waals surface area contributed by atoms with Crippen molar-refractivity contribution < 1.29 is 9.13 Å². The van der Waals surface area contributed by atoms with Gasteiger partial charge in [-0.25, -0.2) is 9.37 Å². The third-order valence-electron chi connectivity index (χ3n) is 5.68. The van der Waals surface area contributed by atoms with Gasteiger partial charge in [0.2, 0.25) is 0 Å². The number of methoxy groups -OCH3 is 1. The Morgan fingerprint density at radius 1 is 1.23 bits per heavy atom. The van der Waals surface area contributed by atoms with Gasteiger partial charge in [-0.1, -0.05) is 11.3 Å². The molecule has 0 saturated heterocycles. The minimum Gasteiger partial charge on any atom is -0.496 e. The van der Waals surface area contributed by atoms with Crippen LogP contribution in [-0.2, 0) is 6.54 Å². The van der Waals surface area contributed by atoms with Gasteiger partial charge < -0.3 is 15.0 Å².